The number of hydrogen-bond acceptors (Lipinski definition) is 5. The van der Waals surface area contributed by atoms with E-state index in [4.69, 9.17) is 23.2 Å². The van der Waals surface area contributed by atoms with Gasteiger partial charge in [0, 0.05) is 19.3 Å². The van der Waals surface area contributed by atoms with Crippen LogP contribution in [0, 0.1) is 0 Å². The van der Waals surface area contributed by atoms with Crippen molar-refractivity contribution in [1.82, 2.24) is 9.29 Å². The Hall–Kier alpha value is -1.32. The van der Waals surface area contributed by atoms with Gasteiger partial charge in [0.15, 0.2) is 0 Å². The van der Waals surface area contributed by atoms with Crippen molar-refractivity contribution in [2.75, 3.05) is 18.4 Å². The van der Waals surface area contributed by atoms with E-state index in [1.807, 2.05) is 0 Å². The average Bonchev–Trinajstić information content (AvgIpc) is 3.02. The minimum atomic E-state index is -3.54. The number of rotatable bonds is 6. The van der Waals surface area contributed by atoms with Crippen molar-refractivity contribution < 1.29 is 13.2 Å². The van der Waals surface area contributed by atoms with Crippen LogP contribution in [0.2, 0.25) is 10.0 Å². The molecule has 1 fully saturated rings. The summed E-state index contributed by atoms with van der Waals surface area (Å²) in [5.41, 5.74) is 0.438. The fourth-order valence-corrected chi connectivity index (χ4v) is 5.69. The fourth-order valence-electron chi connectivity index (χ4n) is 3.09. The molecule has 1 N–H and O–H groups in total. The Labute approximate surface area is 191 Å². The second-order valence-corrected chi connectivity index (χ2v) is 11.1. The summed E-state index contributed by atoms with van der Waals surface area (Å²) in [6.45, 7) is 2.83. The highest BCUT2D eigenvalue weighted by Gasteiger charge is 2.25. The van der Waals surface area contributed by atoms with Crippen molar-refractivity contribution in [3.63, 3.8) is 0 Å². The lowest BCUT2D eigenvalue weighted by Gasteiger charge is -2.19. The van der Waals surface area contributed by atoms with Crippen molar-refractivity contribution in [3.05, 3.63) is 46.6 Å². The number of amides is 1. The first-order valence-corrected chi connectivity index (χ1v) is 12.7. The lowest BCUT2D eigenvalue weighted by molar-refractivity contribution is -0.115. The molecule has 0 spiro atoms. The van der Waals surface area contributed by atoms with Crippen LogP contribution in [0.1, 0.15) is 32.6 Å². The van der Waals surface area contributed by atoms with Crippen molar-refractivity contribution in [1.29, 1.82) is 0 Å². The molecule has 2 aromatic rings. The van der Waals surface area contributed by atoms with Crippen molar-refractivity contribution >= 4 is 56.6 Å². The lowest BCUT2D eigenvalue weighted by Crippen LogP contribution is -2.32. The monoisotopic (exact) mass is 487 g/mol. The van der Waals surface area contributed by atoms with Crippen LogP contribution in [-0.2, 0) is 14.8 Å². The van der Waals surface area contributed by atoms with Crippen LogP contribution in [0.15, 0.2) is 46.5 Å². The number of aromatic nitrogens is 1. The van der Waals surface area contributed by atoms with E-state index in [1.54, 1.807) is 37.3 Å². The first kappa shape index (κ1) is 23.3. The Kier molecular flexibility index (Phi) is 8.04. The molecule has 30 heavy (non-hydrogen) atoms. The van der Waals surface area contributed by atoms with Gasteiger partial charge in [0.05, 0.1) is 26.0 Å². The summed E-state index contributed by atoms with van der Waals surface area (Å²) in [6.07, 6.45) is 5.23. The number of sulfonamides is 1. The largest absolute Gasteiger partial charge is 0.324 e. The topological polar surface area (TPSA) is 79.4 Å². The summed E-state index contributed by atoms with van der Waals surface area (Å²) in [6, 6.07) is 8.19. The number of nitrogens with zero attached hydrogens (tertiary/aromatic N) is 2. The zero-order chi connectivity index (χ0) is 21.7. The third kappa shape index (κ3) is 5.68. The Morgan fingerprint density at radius 2 is 1.83 bits per heavy atom. The van der Waals surface area contributed by atoms with Gasteiger partial charge in [0.25, 0.3) is 0 Å². The molecular weight excluding hydrogens is 465 g/mol. The molecule has 1 aromatic carbocycles. The number of benzene rings is 1. The molecular formula is C20H23Cl2N3O3S2. The van der Waals surface area contributed by atoms with Crippen LogP contribution in [0.25, 0.3) is 0 Å². The van der Waals surface area contributed by atoms with E-state index < -0.39 is 15.3 Å². The van der Waals surface area contributed by atoms with Crippen LogP contribution in [0.5, 0.6) is 0 Å². The zero-order valence-electron chi connectivity index (χ0n) is 16.5. The third-order valence-electron chi connectivity index (χ3n) is 4.79. The molecule has 1 saturated heterocycles. The number of pyridine rings is 1. The number of nitrogens with one attached hydrogen (secondary N) is 1. The summed E-state index contributed by atoms with van der Waals surface area (Å²) in [5, 5.41) is 3.48. The lowest BCUT2D eigenvalue weighted by atomic mass is 10.2. The van der Waals surface area contributed by atoms with Crippen molar-refractivity contribution in [2.24, 2.45) is 0 Å². The first-order chi connectivity index (χ1) is 14.3. The molecule has 0 aliphatic carbocycles. The van der Waals surface area contributed by atoms with E-state index in [0.29, 0.717) is 28.8 Å². The van der Waals surface area contributed by atoms with E-state index in [1.165, 1.54) is 22.3 Å². The Morgan fingerprint density at radius 3 is 2.47 bits per heavy atom. The first-order valence-electron chi connectivity index (χ1n) is 9.67. The second-order valence-electron chi connectivity index (χ2n) is 7.00. The standard InChI is InChI=1S/C20H23Cl2N3O3S2/c1-14(20(26)24-17-8-6-7-16(21)19(17)22)29-18-10-9-15(13-23-18)30(27,28)25-11-4-2-3-5-12-25/h6-10,13-14H,2-5,11-12H2,1H3,(H,24,26). The highest BCUT2D eigenvalue weighted by atomic mass is 35.5. The maximum absolute atomic E-state index is 12.8. The fraction of sp³-hybridized carbons (Fsp3) is 0.400. The normalized spacial score (nSPS) is 16.6. The summed E-state index contributed by atoms with van der Waals surface area (Å²) in [7, 11) is -3.54. The Balaban J connectivity index is 1.64. The molecule has 1 aliphatic heterocycles. The maximum atomic E-state index is 12.8. The summed E-state index contributed by atoms with van der Waals surface area (Å²) < 4.78 is 27.2. The minimum Gasteiger partial charge on any atom is -0.324 e. The maximum Gasteiger partial charge on any atom is 0.244 e. The van der Waals surface area contributed by atoms with E-state index >= 15 is 0 Å². The number of anilines is 1. The second kappa shape index (κ2) is 10.3. The SMILES string of the molecule is CC(Sc1ccc(S(=O)(=O)N2CCCCCC2)cn1)C(=O)Nc1cccc(Cl)c1Cl. The third-order valence-corrected chi connectivity index (χ3v) is 8.54. The molecule has 0 bridgehead atoms. The van der Waals surface area contributed by atoms with Crippen LogP contribution in [0.4, 0.5) is 5.69 Å². The summed E-state index contributed by atoms with van der Waals surface area (Å²) in [5.74, 6) is -0.257. The van der Waals surface area contributed by atoms with Crippen LogP contribution >= 0.6 is 35.0 Å². The van der Waals surface area contributed by atoms with Gasteiger partial charge in [-0.15, -0.1) is 0 Å². The van der Waals surface area contributed by atoms with Crippen LogP contribution in [0.3, 0.4) is 0 Å². The number of thioether (sulfide) groups is 1. The predicted octanol–water partition coefficient (Wildman–Crippen LogP) is 5.07. The minimum absolute atomic E-state index is 0.177. The van der Waals surface area contributed by atoms with E-state index in [-0.39, 0.29) is 15.8 Å². The van der Waals surface area contributed by atoms with Crippen LogP contribution in [-0.4, -0.2) is 42.0 Å². The molecule has 3 rings (SSSR count). The molecule has 1 aliphatic rings. The van der Waals surface area contributed by atoms with E-state index in [0.717, 1.165) is 25.7 Å². The Bertz CT molecular complexity index is 993. The van der Waals surface area contributed by atoms with Gasteiger partial charge in [0.2, 0.25) is 15.9 Å². The zero-order valence-corrected chi connectivity index (χ0v) is 19.6. The van der Waals surface area contributed by atoms with Crippen molar-refractivity contribution in [3.8, 4) is 0 Å². The number of carbonyl (C=O) groups is 1. The van der Waals surface area contributed by atoms with Gasteiger partial charge in [-0.3, -0.25) is 4.79 Å². The highest BCUT2D eigenvalue weighted by Crippen LogP contribution is 2.31. The van der Waals surface area contributed by atoms with Gasteiger partial charge in [-0.25, -0.2) is 13.4 Å². The van der Waals surface area contributed by atoms with Gasteiger partial charge in [-0.05, 0) is 44.0 Å². The van der Waals surface area contributed by atoms with Crippen molar-refractivity contribution in [2.45, 2.75) is 47.8 Å². The highest BCUT2D eigenvalue weighted by molar-refractivity contribution is 8.00. The van der Waals surface area contributed by atoms with Gasteiger partial charge < -0.3 is 5.32 Å². The smallest absolute Gasteiger partial charge is 0.244 e. The molecule has 0 radical (unpaired) electrons. The number of halogens is 2. The molecule has 6 nitrogen and oxygen atoms in total. The molecule has 10 heteroatoms. The summed E-state index contributed by atoms with van der Waals surface area (Å²) in [4.78, 5) is 16.9. The molecule has 1 unspecified atom stereocenters. The van der Waals surface area contributed by atoms with E-state index in [2.05, 4.69) is 10.3 Å². The number of hydrogen-bond donors (Lipinski definition) is 1. The van der Waals surface area contributed by atoms with Crippen LogP contribution < -0.4 is 5.32 Å². The molecule has 0 saturated carbocycles. The summed E-state index contributed by atoms with van der Waals surface area (Å²) >= 11 is 13.3. The molecule has 162 valence electrons. The predicted molar refractivity (Wildman–Crippen MR) is 122 cm³/mol. The van der Waals surface area contributed by atoms with E-state index in [9.17, 15) is 13.2 Å². The van der Waals surface area contributed by atoms with Gasteiger partial charge >= 0.3 is 0 Å². The van der Waals surface area contributed by atoms with Gasteiger partial charge in [0.1, 0.15) is 4.90 Å². The molecule has 1 atom stereocenters. The number of carbonyl (C=O) groups excluding carboxylic acids is 1. The Morgan fingerprint density at radius 1 is 1.13 bits per heavy atom. The van der Waals surface area contributed by atoms with Gasteiger partial charge in [-0.1, -0.05) is 53.9 Å². The molecule has 1 aromatic heterocycles. The molecule has 2 heterocycles. The quantitative estimate of drug-likeness (QED) is 0.575. The van der Waals surface area contributed by atoms with Gasteiger partial charge in [-0.2, -0.15) is 4.31 Å². The molecule has 1 amide bonds. The average molecular weight is 488 g/mol.